The van der Waals surface area contributed by atoms with Crippen molar-refractivity contribution in [2.45, 2.75) is 38.2 Å². The molecule has 4 nitrogen and oxygen atoms in total. The highest BCUT2D eigenvalue weighted by Gasteiger charge is 2.20. The average molecular weight is 352 g/mol. The highest BCUT2D eigenvalue weighted by Crippen LogP contribution is 2.28. The standard InChI is InChI=1S/C20H20N2O2S/c1-12-5-8-16(9-6-12)18(23)15(4)25-20-22-21-19(24-20)17-10-7-13(2)14(3)11-17/h5-11,15H,1-4H3. The van der Waals surface area contributed by atoms with Crippen LogP contribution in [0.4, 0.5) is 0 Å². The fourth-order valence-electron chi connectivity index (χ4n) is 2.41. The SMILES string of the molecule is Cc1ccc(C(=O)C(C)Sc2nnc(-c3ccc(C)c(C)c3)o2)cc1. The van der Waals surface area contributed by atoms with E-state index in [-0.39, 0.29) is 11.0 Å². The van der Waals surface area contributed by atoms with Crippen molar-refractivity contribution in [3.63, 3.8) is 0 Å². The largest absolute Gasteiger partial charge is 0.411 e. The Morgan fingerprint density at radius 2 is 1.72 bits per heavy atom. The molecule has 0 radical (unpaired) electrons. The van der Waals surface area contributed by atoms with Gasteiger partial charge in [-0.25, -0.2) is 0 Å². The van der Waals surface area contributed by atoms with Crippen LogP contribution in [0.15, 0.2) is 52.1 Å². The predicted molar refractivity (Wildman–Crippen MR) is 100 cm³/mol. The Kier molecular flexibility index (Phi) is 5.04. The molecule has 0 aliphatic rings. The topological polar surface area (TPSA) is 56.0 Å². The second-order valence-corrected chi connectivity index (χ2v) is 7.45. The molecule has 0 N–H and O–H groups in total. The number of aromatic nitrogens is 2. The smallest absolute Gasteiger partial charge is 0.277 e. The first-order chi connectivity index (χ1) is 11.9. The maximum absolute atomic E-state index is 12.5. The summed E-state index contributed by atoms with van der Waals surface area (Å²) in [6.45, 7) is 7.96. The van der Waals surface area contributed by atoms with E-state index in [1.807, 2.05) is 63.2 Å². The Labute approximate surface area is 151 Å². The van der Waals surface area contributed by atoms with Crippen molar-refractivity contribution in [2.24, 2.45) is 0 Å². The number of benzene rings is 2. The van der Waals surface area contributed by atoms with Gasteiger partial charge >= 0.3 is 0 Å². The Balaban J connectivity index is 1.73. The first-order valence-corrected chi connectivity index (χ1v) is 9.00. The minimum atomic E-state index is -0.296. The highest BCUT2D eigenvalue weighted by molar-refractivity contribution is 8.00. The molecule has 1 unspecified atom stereocenters. The first-order valence-electron chi connectivity index (χ1n) is 8.12. The summed E-state index contributed by atoms with van der Waals surface area (Å²) < 4.78 is 5.73. The molecule has 0 spiro atoms. The monoisotopic (exact) mass is 352 g/mol. The van der Waals surface area contributed by atoms with Gasteiger partial charge in [0.25, 0.3) is 5.22 Å². The van der Waals surface area contributed by atoms with Crippen molar-refractivity contribution in [1.29, 1.82) is 0 Å². The molecular weight excluding hydrogens is 332 g/mol. The number of thioether (sulfide) groups is 1. The molecule has 2 aromatic carbocycles. The molecule has 0 saturated carbocycles. The second kappa shape index (κ2) is 7.23. The van der Waals surface area contributed by atoms with Crippen LogP contribution in [0.2, 0.25) is 0 Å². The molecule has 0 amide bonds. The van der Waals surface area contributed by atoms with Crippen molar-refractivity contribution < 1.29 is 9.21 Å². The van der Waals surface area contributed by atoms with Crippen LogP contribution in [0.1, 0.15) is 34.0 Å². The van der Waals surface area contributed by atoms with Crippen LogP contribution in [0.25, 0.3) is 11.5 Å². The molecule has 3 aromatic rings. The highest BCUT2D eigenvalue weighted by atomic mass is 32.2. The molecule has 1 atom stereocenters. The lowest BCUT2D eigenvalue weighted by molar-refractivity contribution is 0.0993. The van der Waals surface area contributed by atoms with Gasteiger partial charge in [0, 0.05) is 11.1 Å². The maximum Gasteiger partial charge on any atom is 0.277 e. The molecule has 0 aliphatic heterocycles. The summed E-state index contributed by atoms with van der Waals surface area (Å²) >= 11 is 1.28. The van der Waals surface area contributed by atoms with E-state index in [2.05, 4.69) is 17.1 Å². The van der Waals surface area contributed by atoms with Crippen LogP contribution in [0, 0.1) is 20.8 Å². The van der Waals surface area contributed by atoms with Gasteiger partial charge in [0.15, 0.2) is 5.78 Å². The van der Waals surface area contributed by atoms with Gasteiger partial charge in [-0.15, -0.1) is 10.2 Å². The Bertz CT molecular complexity index is 900. The summed E-state index contributed by atoms with van der Waals surface area (Å²) in [6.07, 6.45) is 0. The lowest BCUT2D eigenvalue weighted by Crippen LogP contribution is -2.13. The summed E-state index contributed by atoms with van der Waals surface area (Å²) in [5.74, 6) is 0.525. The van der Waals surface area contributed by atoms with Gasteiger partial charge in [-0.3, -0.25) is 4.79 Å². The fourth-order valence-corrected chi connectivity index (χ4v) is 3.17. The minimum Gasteiger partial charge on any atom is -0.411 e. The maximum atomic E-state index is 12.5. The second-order valence-electron chi connectivity index (χ2n) is 6.16. The van der Waals surface area contributed by atoms with Crippen molar-refractivity contribution in [3.05, 3.63) is 64.7 Å². The van der Waals surface area contributed by atoms with Gasteiger partial charge in [0.2, 0.25) is 5.89 Å². The third kappa shape index (κ3) is 3.99. The molecule has 5 heteroatoms. The van der Waals surface area contributed by atoms with E-state index in [4.69, 9.17) is 4.42 Å². The number of hydrogen-bond acceptors (Lipinski definition) is 5. The van der Waals surface area contributed by atoms with Gasteiger partial charge in [0.1, 0.15) is 0 Å². The van der Waals surface area contributed by atoms with Crippen molar-refractivity contribution >= 4 is 17.5 Å². The van der Waals surface area contributed by atoms with E-state index >= 15 is 0 Å². The molecule has 3 rings (SSSR count). The number of nitrogens with zero attached hydrogens (tertiary/aromatic N) is 2. The Hall–Kier alpha value is -2.40. The van der Waals surface area contributed by atoms with Crippen LogP contribution in [-0.4, -0.2) is 21.2 Å². The molecule has 1 heterocycles. The summed E-state index contributed by atoms with van der Waals surface area (Å²) in [6, 6.07) is 13.6. The zero-order chi connectivity index (χ0) is 18.0. The van der Waals surface area contributed by atoms with E-state index in [9.17, 15) is 4.79 Å². The van der Waals surface area contributed by atoms with E-state index in [1.54, 1.807) is 0 Å². The number of ketones is 1. The van der Waals surface area contributed by atoms with E-state index in [1.165, 1.54) is 22.9 Å². The summed E-state index contributed by atoms with van der Waals surface area (Å²) in [4.78, 5) is 12.5. The third-order valence-corrected chi connectivity index (χ3v) is 5.08. The third-order valence-electron chi connectivity index (χ3n) is 4.14. The predicted octanol–water partition coefficient (Wildman–Crippen LogP) is 5.03. The van der Waals surface area contributed by atoms with Crippen molar-refractivity contribution in [2.75, 3.05) is 0 Å². The number of hydrogen-bond donors (Lipinski definition) is 0. The number of Topliss-reactive ketones (excluding diaryl/α,β-unsaturated/α-hetero) is 1. The molecular formula is C20H20N2O2S. The Morgan fingerprint density at radius 1 is 1.00 bits per heavy atom. The molecule has 25 heavy (non-hydrogen) atoms. The van der Waals surface area contributed by atoms with E-state index < -0.39 is 0 Å². The van der Waals surface area contributed by atoms with Crippen LogP contribution in [0.5, 0.6) is 0 Å². The molecule has 0 bridgehead atoms. The molecule has 1 aromatic heterocycles. The van der Waals surface area contributed by atoms with Crippen LogP contribution in [-0.2, 0) is 0 Å². The lowest BCUT2D eigenvalue weighted by Gasteiger charge is -2.07. The van der Waals surface area contributed by atoms with Crippen LogP contribution in [0.3, 0.4) is 0 Å². The number of rotatable bonds is 5. The number of carbonyl (C=O) groups excluding carboxylic acids is 1. The number of aryl methyl sites for hydroxylation is 3. The van der Waals surface area contributed by atoms with Crippen LogP contribution >= 0.6 is 11.8 Å². The zero-order valence-electron chi connectivity index (χ0n) is 14.7. The van der Waals surface area contributed by atoms with E-state index in [0.717, 1.165) is 11.1 Å². The summed E-state index contributed by atoms with van der Waals surface area (Å²) in [7, 11) is 0. The Morgan fingerprint density at radius 3 is 2.40 bits per heavy atom. The van der Waals surface area contributed by atoms with Gasteiger partial charge in [-0.2, -0.15) is 0 Å². The fraction of sp³-hybridized carbons (Fsp3) is 0.250. The zero-order valence-corrected chi connectivity index (χ0v) is 15.6. The quantitative estimate of drug-likeness (QED) is 0.476. The number of carbonyl (C=O) groups is 1. The normalized spacial score (nSPS) is 12.2. The summed E-state index contributed by atoms with van der Waals surface area (Å²) in [5, 5.41) is 8.28. The molecule has 0 fully saturated rings. The van der Waals surface area contributed by atoms with E-state index in [0.29, 0.717) is 16.7 Å². The van der Waals surface area contributed by atoms with Crippen LogP contribution < -0.4 is 0 Å². The van der Waals surface area contributed by atoms with Crippen molar-refractivity contribution in [3.8, 4) is 11.5 Å². The average Bonchev–Trinajstić information content (AvgIpc) is 3.06. The lowest BCUT2D eigenvalue weighted by atomic mass is 10.1. The first kappa shape index (κ1) is 17.4. The van der Waals surface area contributed by atoms with Crippen molar-refractivity contribution in [1.82, 2.24) is 10.2 Å². The van der Waals surface area contributed by atoms with Gasteiger partial charge < -0.3 is 4.42 Å². The minimum absolute atomic E-state index is 0.0518. The molecule has 0 saturated heterocycles. The summed E-state index contributed by atoms with van der Waals surface area (Å²) in [5.41, 5.74) is 5.11. The molecule has 128 valence electrons. The van der Waals surface area contributed by atoms with Gasteiger partial charge in [-0.05, 0) is 51.0 Å². The molecule has 0 aliphatic carbocycles. The van der Waals surface area contributed by atoms with Gasteiger partial charge in [0.05, 0.1) is 5.25 Å². The van der Waals surface area contributed by atoms with Gasteiger partial charge in [-0.1, -0.05) is 47.7 Å².